The minimum atomic E-state index is -3.43. The highest BCUT2D eigenvalue weighted by Gasteiger charge is 2.24. The molecule has 0 atom stereocenters. The van der Waals surface area contributed by atoms with Crippen molar-refractivity contribution in [1.29, 1.82) is 0 Å². The van der Waals surface area contributed by atoms with Gasteiger partial charge < -0.3 is 24.0 Å². The van der Waals surface area contributed by atoms with Crippen molar-refractivity contribution >= 4 is 15.7 Å². The molecule has 32 heavy (non-hydrogen) atoms. The molecule has 3 rings (SSSR count). The van der Waals surface area contributed by atoms with E-state index in [9.17, 15) is 8.42 Å². The van der Waals surface area contributed by atoms with Crippen LogP contribution in [0, 0.1) is 0 Å². The molecule has 0 unspecified atom stereocenters. The number of nitrogens with zero attached hydrogens (tertiary/aromatic N) is 1. The number of hydrogen-bond donors (Lipinski definition) is 1. The summed E-state index contributed by atoms with van der Waals surface area (Å²) in [6.07, 6.45) is 2.67. The number of quaternary nitrogens is 1. The highest BCUT2D eigenvalue weighted by atomic mass is 127. The smallest absolute Gasteiger partial charge is 0.240 e. The minimum Gasteiger partial charge on any atom is -1.00 e. The van der Waals surface area contributed by atoms with Crippen molar-refractivity contribution < 1.29 is 32.4 Å². The Morgan fingerprint density at radius 2 is 1.50 bits per heavy atom. The predicted octanol–water partition coefficient (Wildman–Crippen LogP) is 2.42. The number of fused-ring (bicyclic) bond motifs is 1. The van der Waals surface area contributed by atoms with Crippen LogP contribution in [0.15, 0.2) is 65.6 Å². The molecule has 2 aliphatic carbocycles. The molecule has 0 radical (unpaired) electrons. The summed E-state index contributed by atoms with van der Waals surface area (Å²) in [7, 11) is 3.18. The maximum absolute atomic E-state index is 12.4. The molecule has 0 spiro atoms. The summed E-state index contributed by atoms with van der Waals surface area (Å²) in [4.78, 5) is 0.318. The number of aryl methyl sites for hydroxylation is 1. The monoisotopic (exact) mass is 566 g/mol. The fourth-order valence-electron chi connectivity index (χ4n) is 3.89. The summed E-state index contributed by atoms with van der Waals surface area (Å²) >= 11 is 0. The standard InChI is InChI=1S/C26H35N2O2S.HI/c1-20(2)21-14-16-24-22(19-26(28(3,4)5)25(24)17-15-21)11-9-10-18-27-31(29,30)23-12-7-6-8-13-23;/h6-8,12-17,19-20,27H,9-11,18H2,1-5H3;1H/q+1;/p-1. The first-order chi connectivity index (χ1) is 14.6. The Hall–Kier alpha value is -1.48. The fraction of sp³-hybridized carbons (Fsp3) is 0.385. The van der Waals surface area contributed by atoms with Gasteiger partial charge in [-0.3, -0.25) is 4.48 Å². The number of sulfonamides is 1. The second kappa shape index (κ2) is 11.1. The topological polar surface area (TPSA) is 46.2 Å². The van der Waals surface area contributed by atoms with Gasteiger partial charge in [-0.2, -0.15) is 0 Å². The molecule has 0 aromatic heterocycles. The van der Waals surface area contributed by atoms with Gasteiger partial charge in [0.15, 0.2) is 0 Å². The van der Waals surface area contributed by atoms with E-state index in [-0.39, 0.29) is 24.0 Å². The molecule has 0 fully saturated rings. The molecule has 1 aromatic rings. The van der Waals surface area contributed by atoms with Crippen molar-refractivity contribution in [1.82, 2.24) is 9.21 Å². The number of rotatable bonds is 9. The number of unbranched alkanes of at least 4 members (excludes halogenated alkanes) is 1. The number of hydrogen-bond acceptors (Lipinski definition) is 2. The van der Waals surface area contributed by atoms with E-state index in [1.54, 1.807) is 24.3 Å². The van der Waals surface area contributed by atoms with E-state index in [0.717, 1.165) is 23.7 Å². The van der Waals surface area contributed by atoms with Crippen LogP contribution in [0.4, 0.5) is 5.69 Å². The fourth-order valence-corrected chi connectivity index (χ4v) is 4.99. The third-order valence-electron chi connectivity index (χ3n) is 5.72. The van der Waals surface area contributed by atoms with Crippen LogP contribution in [0.25, 0.3) is 11.1 Å². The average Bonchev–Trinajstić information content (AvgIpc) is 2.91. The highest BCUT2D eigenvalue weighted by molar-refractivity contribution is 7.89. The van der Waals surface area contributed by atoms with Gasteiger partial charge in [-0.25, -0.2) is 13.1 Å². The Balaban J connectivity index is 0.00000363. The van der Waals surface area contributed by atoms with Crippen LogP contribution in [0.3, 0.4) is 0 Å². The van der Waals surface area contributed by atoms with Crippen molar-refractivity contribution in [2.75, 3.05) is 27.7 Å². The van der Waals surface area contributed by atoms with Gasteiger partial charge in [0.1, 0.15) is 5.69 Å². The molecule has 4 nitrogen and oxygen atoms in total. The van der Waals surface area contributed by atoms with Crippen molar-refractivity contribution in [3.63, 3.8) is 0 Å². The first kappa shape index (κ1) is 26.8. The molecule has 0 heterocycles. The summed E-state index contributed by atoms with van der Waals surface area (Å²) < 4.78 is 28.2. The third-order valence-corrected chi connectivity index (χ3v) is 7.19. The van der Waals surface area contributed by atoms with E-state index in [4.69, 9.17) is 0 Å². The lowest BCUT2D eigenvalue weighted by Crippen LogP contribution is -3.00. The van der Waals surface area contributed by atoms with Gasteiger partial charge in [-0.15, -0.1) is 0 Å². The van der Waals surface area contributed by atoms with E-state index < -0.39 is 10.0 Å². The number of benzene rings is 1. The molecule has 6 heteroatoms. The maximum Gasteiger partial charge on any atom is 0.240 e. The minimum absolute atomic E-state index is 0. The molecule has 0 saturated carbocycles. The third kappa shape index (κ3) is 6.53. The van der Waals surface area contributed by atoms with Crippen molar-refractivity contribution in [3.8, 4) is 11.1 Å². The molecule has 0 bridgehead atoms. The van der Waals surface area contributed by atoms with Gasteiger partial charge in [-0.05, 0) is 60.1 Å². The molecular formula is C26H35IN2O2S. The lowest BCUT2D eigenvalue weighted by Gasteiger charge is -2.23. The van der Waals surface area contributed by atoms with Crippen LogP contribution in [0.2, 0.25) is 0 Å². The van der Waals surface area contributed by atoms with Gasteiger partial charge in [0.2, 0.25) is 10.0 Å². The van der Waals surface area contributed by atoms with Crippen LogP contribution in [0.1, 0.15) is 43.7 Å². The molecule has 0 saturated heterocycles. The largest absolute Gasteiger partial charge is 1.00 e. The zero-order valence-electron chi connectivity index (χ0n) is 19.7. The van der Waals surface area contributed by atoms with E-state index >= 15 is 0 Å². The van der Waals surface area contributed by atoms with E-state index in [2.05, 4.69) is 70.0 Å². The predicted molar refractivity (Wildman–Crippen MR) is 131 cm³/mol. The summed E-state index contributed by atoms with van der Waals surface area (Å²) in [5, 5.41) is 0. The Kier molecular flexibility index (Phi) is 9.28. The van der Waals surface area contributed by atoms with Gasteiger partial charge >= 0.3 is 0 Å². The van der Waals surface area contributed by atoms with Crippen LogP contribution in [0.5, 0.6) is 0 Å². The average molecular weight is 567 g/mol. The van der Waals surface area contributed by atoms with Crippen molar-refractivity contribution in [2.45, 2.75) is 43.9 Å². The van der Waals surface area contributed by atoms with Gasteiger partial charge in [0.05, 0.1) is 26.0 Å². The molecule has 0 amide bonds. The second-order valence-electron chi connectivity index (χ2n) is 9.38. The van der Waals surface area contributed by atoms with Gasteiger partial charge in [0.25, 0.3) is 0 Å². The molecule has 2 aliphatic rings. The summed E-state index contributed by atoms with van der Waals surface area (Å²) in [6.45, 7) is 4.89. The Morgan fingerprint density at radius 1 is 0.875 bits per heavy atom. The Morgan fingerprint density at radius 3 is 2.09 bits per heavy atom. The first-order valence-electron chi connectivity index (χ1n) is 11.0. The summed E-state index contributed by atoms with van der Waals surface area (Å²) in [5.41, 5.74) is 6.61. The lowest BCUT2D eigenvalue weighted by molar-refractivity contribution is -0.00000924. The van der Waals surface area contributed by atoms with Crippen LogP contribution in [-0.2, 0) is 16.4 Å². The Bertz CT molecular complexity index is 1090. The molecule has 0 aliphatic heterocycles. The molecular weight excluding hydrogens is 531 g/mol. The lowest BCUT2D eigenvalue weighted by atomic mass is 10.0. The quantitative estimate of drug-likeness (QED) is 0.246. The number of nitrogens with one attached hydrogen (secondary N) is 1. The summed E-state index contributed by atoms with van der Waals surface area (Å²) in [5.74, 6) is 0.491. The first-order valence-corrected chi connectivity index (χ1v) is 12.5. The highest BCUT2D eigenvalue weighted by Crippen LogP contribution is 2.40. The zero-order chi connectivity index (χ0) is 22.6. The molecule has 1 aromatic carbocycles. The van der Waals surface area contributed by atoms with E-state index in [1.165, 1.54) is 27.9 Å². The summed E-state index contributed by atoms with van der Waals surface area (Å²) in [6, 6.07) is 19.9. The van der Waals surface area contributed by atoms with Gasteiger partial charge in [0, 0.05) is 18.2 Å². The van der Waals surface area contributed by atoms with Crippen LogP contribution < -0.4 is 33.2 Å². The van der Waals surface area contributed by atoms with Crippen LogP contribution >= 0.6 is 0 Å². The normalized spacial score (nSPS) is 12.2. The molecule has 1 N–H and O–H groups in total. The van der Waals surface area contributed by atoms with E-state index in [1.807, 2.05) is 6.07 Å². The second-order valence-corrected chi connectivity index (χ2v) is 11.2. The maximum atomic E-state index is 12.4. The van der Waals surface area contributed by atoms with E-state index in [0.29, 0.717) is 17.4 Å². The zero-order valence-corrected chi connectivity index (χ0v) is 22.7. The van der Waals surface area contributed by atoms with Crippen LogP contribution in [-0.4, -0.2) is 36.1 Å². The Labute approximate surface area is 211 Å². The number of halogens is 1. The van der Waals surface area contributed by atoms with Crippen molar-refractivity contribution in [3.05, 3.63) is 71.8 Å². The molecule has 174 valence electrons. The van der Waals surface area contributed by atoms with Gasteiger partial charge in [-0.1, -0.05) is 50.2 Å². The SMILES string of the molecule is CC(C)c1ccc2c(CCCCNS(=O)(=O)c3ccccc3)cc([N+](C)(C)C)c-2cc1.[I-]. The van der Waals surface area contributed by atoms with Crippen molar-refractivity contribution in [2.24, 2.45) is 0 Å².